The van der Waals surface area contributed by atoms with Gasteiger partial charge in [0.05, 0.1) is 24.0 Å². The van der Waals surface area contributed by atoms with Crippen LogP contribution in [0, 0.1) is 0 Å². The highest BCUT2D eigenvalue weighted by Gasteiger charge is 2.04. The lowest BCUT2D eigenvalue weighted by molar-refractivity contribution is -0.133. The Morgan fingerprint density at radius 3 is 3.12 bits per heavy atom. The van der Waals surface area contributed by atoms with E-state index in [1.807, 2.05) is 35.8 Å². The fourth-order valence-corrected chi connectivity index (χ4v) is 1.61. The molecule has 1 aromatic heterocycles. The van der Waals surface area contributed by atoms with E-state index in [2.05, 4.69) is 10.5 Å². The maximum Gasteiger partial charge on any atom is 0.245 e. The number of imidazole rings is 1. The average molecular weight is 233 g/mol. The zero-order valence-corrected chi connectivity index (χ0v) is 9.72. The normalized spacial score (nSPS) is 10.6. The second kappa shape index (κ2) is 5.45. The van der Waals surface area contributed by atoms with Crippen LogP contribution in [0.2, 0.25) is 0 Å². The van der Waals surface area contributed by atoms with Crippen molar-refractivity contribution >= 4 is 16.9 Å². The molecule has 0 aliphatic carbocycles. The summed E-state index contributed by atoms with van der Waals surface area (Å²) in [5, 5.41) is 0. The average Bonchev–Trinajstić information content (AvgIpc) is 2.77. The summed E-state index contributed by atoms with van der Waals surface area (Å²) < 4.78 is 1.96. The van der Waals surface area contributed by atoms with Gasteiger partial charge in [-0.2, -0.15) is 0 Å². The summed E-state index contributed by atoms with van der Waals surface area (Å²) in [4.78, 5) is 20.5. The number of rotatable bonds is 5. The van der Waals surface area contributed by atoms with Crippen molar-refractivity contribution in [2.24, 2.45) is 0 Å². The van der Waals surface area contributed by atoms with Crippen molar-refractivity contribution in [1.29, 1.82) is 0 Å². The standard InChI is InChI=1S/C12H15N3O2/c1-2-17-14-12(16)7-8-15-9-13-10-5-3-4-6-11(10)15/h3-6,9H,2,7-8H2,1H3,(H,14,16). The van der Waals surface area contributed by atoms with E-state index < -0.39 is 0 Å². The number of hydrogen-bond acceptors (Lipinski definition) is 3. The molecule has 1 heterocycles. The Kier molecular flexibility index (Phi) is 3.72. The highest BCUT2D eigenvalue weighted by molar-refractivity contribution is 5.76. The minimum atomic E-state index is -0.121. The highest BCUT2D eigenvalue weighted by Crippen LogP contribution is 2.11. The Morgan fingerprint density at radius 2 is 2.29 bits per heavy atom. The molecular formula is C12H15N3O2. The van der Waals surface area contributed by atoms with E-state index in [1.165, 1.54) is 0 Å². The maximum absolute atomic E-state index is 11.4. The third kappa shape index (κ3) is 2.82. The molecule has 0 spiro atoms. The van der Waals surface area contributed by atoms with E-state index >= 15 is 0 Å². The Bertz CT molecular complexity index is 507. The zero-order valence-electron chi connectivity index (χ0n) is 9.72. The van der Waals surface area contributed by atoms with Crippen LogP contribution in [-0.2, 0) is 16.2 Å². The molecule has 0 unspecified atom stereocenters. The van der Waals surface area contributed by atoms with Crippen LogP contribution < -0.4 is 5.48 Å². The molecule has 0 bridgehead atoms. The van der Waals surface area contributed by atoms with Crippen LogP contribution >= 0.6 is 0 Å². The first-order valence-corrected chi connectivity index (χ1v) is 5.61. The highest BCUT2D eigenvalue weighted by atomic mass is 16.6. The molecule has 90 valence electrons. The van der Waals surface area contributed by atoms with Gasteiger partial charge in [0, 0.05) is 13.0 Å². The number of benzene rings is 1. The SMILES string of the molecule is CCONC(=O)CCn1cnc2ccccc21. The molecule has 0 aliphatic heterocycles. The van der Waals surface area contributed by atoms with E-state index in [0.717, 1.165) is 11.0 Å². The van der Waals surface area contributed by atoms with Gasteiger partial charge in [0.1, 0.15) is 0 Å². The summed E-state index contributed by atoms with van der Waals surface area (Å²) in [6.45, 7) is 2.89. The predicted molar refractivity (Wildman–Crippen MR) is 64.1 cm³/mol. The molecule has 0 fully saturated rings. The number of hydroxylamine groups is 1. The van der Waals surface area contributed by atoms with Crippen molar-refractivity contribution in [2.45, 2.75) is 19.9 Å². The minimum absolute atomic E-state index is 0.121. The van der Waals surface area contributed by atoms with Crippen LogP contribution in [-0.4, -0.2) is 22.1 Å². The van der Waals surface area contributed by atoms with Gasteiger partial charge in [0.25, 0.3) is 0 Å². The van der Waals surface area contributed by atoms with E-state index in [-0.39, 0.29) is 5.91 Å². The summed E-state index contributed by atoms with van der Waals surface area (Å²) in [5.41, 5.74) is 4.35. The van der Waals surface area contributed by atoms with Gasteiger partial charge in [-0.25, -0.2) is 10.5 Å². The van der Waals surface area contributed by atoms with Crippen LogP contribution in [0.4, 0.5) is 0 Å². The van der Waals surface area contributed by atoms with Crippen molar-refractivity contribution in [1.82, 2.24) is 15.0 Å². The largest absolute Gasteiger partial charge is 0.330 e. The Labute approximate surface area is 99.4 Å². The molecule has 1 aromatic carbocycles. The number of hydrogen-bond donors (Lipinski definition) is 1. The molecule has 0 saturated heterocycles. The Morgan fingerprint density at radius 1 is 1.47 bits per heavy atom. The van der Waals surface area contributed by atoms with Crippen molar-refractivity contribution in [2.75, 3.05) is 6.61 Å². The lowest BCUT2D eigenvalue weighted by atomic mass is 10.3. The fraction of sp³-hybridized carbons (Fsp3) is 0.333. The van der Waals surface area contributed by atoms with Gasteiger partial charge >= 0.3 is 0 Å². The van der Waals surface area contributed by atoms with Crippen molar-refractivity contribution in [3.05, 3.63) is 30.6 Å². The van der Waals surface area contributed by atoms with Crippen LogP contribution in [0.1, 0.15) is 13.3 Å². The number of aryl methyl sites for hydroxylation is 1. The number of amides is 1. The van der Waals surface area contributed by atoms with Crippen LogP contribution in [0.3, 0.4) is 0 Å². The third-order valence-electron chi connectivity index (χ3n) is 2.44. The van der Waals surface area contributed by atoms with Crippen LogP contribution in [0.25, 0.3) is 11.0 Å². The molecule has 0 aliphatic rings. The van der Waals surface area contributed by atoms with Crippen molar-refractivity contribution < 1.29 is 9.63 Å². The minimum Gasteiger partial charge on any atom is -0.330 e. The van der Waals surface area contributed by atoms with Gasteiger partial charge in [-0.15, -0.1) is 0 Å². The molecular weight excluding hydrogens is 218 g/mol. The van der Waals surface area contributed by atoms with Crippen LogP contribution in [0.15, 0.2) is 30.6 Å². The first-order chi connectivity index (χ1) is 8.31. The zero-order chi connectivity index (χ0) is 12.1. The molecule has 1 amide bonds. The second-order valence-corrected chi connectivity index (χ2v) is 3.63. The van der Waals surface area contributed by atoms with Gasteiger partial charge < -0.3 is 4.57 Å². The summed E-state index contributed by atoms with van der Waals surface area (Å²) in [5.74, 6) is -0.121. The van der Waals surface area contributed by atoms with Gasteiger partial charge in [0.15, 0.2) is 0 Å². The van der Waals surface area contributed by atoms with Gasteiger partial charge in [-0.1, -0.05) is 12.1 Å². The fourth-order valence-electron chi connectivity index (χ4n) is 1.61. The maximum atomic E-state index is 11.4. The van der Waals surface area contributed by atoms with E-state index in [1.54, 1.807) is 6.33 Å². The third-order valence-corrected chi connectivity index (χ3v) is 2.44. The lowest BCUT2D eigenvalue weighted by Crippen LogP contribution is -2.24. The molecule has 2 rings (SSSR count). The molecule has 1 N–H and O–H groups in total. The number of nitrogens with one attached hydrogen (secondary N) is 1. The van der Waals surface area contributed by atoms with Gasteiger partial charge in [-0.05, 0) is 19.1 Å². The summed E-state index contributed by atoms with van der Waals surface area (Å²) in [6.07, 6.45) is 2.12. The molecule has 5 heteroatoms. The summed E-state index contributed by atoms with van der Waals surface area (Å²) in [6, 6.07) is 7.84. The molecule has 17 heavy (non-hydrogen) atoms. The van der Waals surface area contributed by atoms with Crippen molar-refractivity contribution in [3.8, 4) is 0 Å². The Balaban J connectivity index is 1.97. The number of carbonyl (C=O) groups is 1. The molecule has 0 atom stereocenters. The van der Waals surface area contributed by atoms with E-state index in [9.17, 15) is 4.79 Å². The molecule has 2 aromatic rings. The summed E-state index contributed by atoms with van der Waals surface area (Å²) in [7, 11) is 0. The smallest absolute Gasteiger partial charge is 0.245 e. The lowest BCUT2D eigenvalue weighted by Gasteiger charge is -2.05. The first kappa shape index (κ1) is 11.6. The quantitative estimate of drug-likeness (QED) is 0.796. The summed E-state index contributed by atoms with van der Waals surface area (Å²) >= 11 is 0. The predicted octanol–water partition coefficient (Wildman–Crippen LogP) is 1.49. The van der Waals surface area contributed by atoms with Crippen LogP contribution in [0.5, 0.6) is 0 Å². The van der Waals surface area contributed by atoms with Crippen molar-refractivity contribution in [3.63, 3.8) is 0 Å². The van der Waals surface area contributed by atoms with E-state index in [0.29, 0.717) is 19.6 Å². The van der Waals surface area contributed by atoms with E-state index in [4.69, 9.17) is 4.84 Å². The monoisotopic (exact) mass is 233 g/mol. The number of fused-ring (bicyclic) bond motifs is 1. The number of aromatic nitrogens is 2. The second-order valence-electron chi connectivity index (χ2n) is 3.63. The first-order valence-electron chi connectivity index (χ1n) is 5.61. The Hall–Kier alpha value is -1.88. The number of para-hydroxylation sites is 2. The topological polar surface area (TPSA) is 56.1 Å². The molecule has 0 radical (unpaired) electrons. The molecule has 0 saturated carbocycles. The number of nitrogens with zero attached hydrogens (tertiary/aromatic N) is 2. The number of carbonyl (C=O) groups excluding carboxylic acids is 1. The molecule has 5 nitrogen and oxygen atoms in total. The van der Waals surface area contributed by atoms with Gasteiger partial charge in [-0.3, -0.25) is 9.63 Å². The van der Waals surface area contributed by atoms with Gasteiger partial charge in [0.2, 0.25) is 5.91 Å².